The second-order valence-electron chi connectivity index (χ2n) is 6.85. The fraction of sp³-hybridized carbons (Fsp3) is 0.450. The Morgan fingerprint density at radius 2 is 2.16 bits per heavy atom. The van der Waals surface area contributed by atoms with Crippen LogP contribution in [0.1, 0.15) is 25.3 Å². The fourth-order valence-electron chi connectivity index (χ4n) is 2.85. The van der Waals surface area contributed by atoms with Gasteiger partial charge in [-0.25, -0.2) is 13.4 Å². The van der Waals surface area contributed by atoms with E-state index in [0.29, 0.717) is 56.2 Å². The Labute approximate surface area is 189 Å². The van der Waals surface area contributed by atoms with E-state index < -0.39 is 20.9 Å². The molecule has 1 aliphatic rings. The summed E-state index contributed by atoms with van der Waals surface area (Å²) in [6, 6.07) is 5.78. The summed E-state index contributed by atoms with van der Waals surface area (Å²) in [5, 5.41) is 5.98. The Balaban J connectivity index is 1.77. The zero-order chi connectivity index (χ0) is 23.0. The molecule has 2 heterocycles. The lowest BCUT2D eigenvalue weighted by Crippen LogP contribution is -2.25. The number of nitrogens with zero attached hydrogens (tertiary/aromatic N) is 2. The van der Waals surface area contributed by atoms with Crippen molar-refractivity contribution < 1.29 is 31.9 Å². The number of hydrogen-bond donors (Lipinski definition) is 1. The highest BCUT2D eigenvalue weighted by Gasteiger charge is 2.22. The van der Waals surface area contributed by atoms with Crippen LogP contribution in [0, 0.1) is 5.13 Å². The van der Waals surface area contributed by atoms with Gasteiger partial charge in [0, 0.05) is 25.2 Å². The summed E-state index contributed by atoms with van der Waals surface area (Å²) in [5.41, 5.74) is 0.250. The van der Waals surface area contributed by atoms with E-state index in [9.17, 15) is 17.6 Å². The quantitative estimate of drug-likeness (QED) is 0.295. The summed E-state index contributed by atoms with van der Waals surface area (Å²) in [4.78, 5) is 22.1. The number of nitrogens with one attached hydrogen (secondary N) is 1. The van der Waals surface area contributed by atoms with Crippen molar-refractivity contribution in [1.82, 2.24) is 4.98 Å². The van der Waals surface area contributed by atoms with Crippen LogP contribution in [0.3, 0.4) is 0 Å². The summed E-state index contributed by atoms with van der Waals surface area (Å²) in [6.07, 6.45) is 1.72. The van der Waals surface area contributed by atoms with E-state index in [1.807, 2.05) is 6.92 Å². The Morgan fingerprint density at radius 1 is 1.38 bits per heavy atom. The van der Waals surface area contributed by atoms with Crippen LogP contribution in [0.2, 0.25) is 0 Å². The van der Waals surface area contributed by atoms with Gasteiger partial charge in [-0.15, -0.1) is 0 Å². The van der Waals surface area contributed by atoms with Crippen molar-refractivity contribution in [1.29, 1.82) is 0 Å². The highest BCUT2D eigenvalue weighted by Crippen LogP contribution is 2.19. The topological polar surface area (TPSA) is 116 Å². The van der Waals surface area contributed by atoms with E-state index >= 15 is 0 Å². The standard InChI is InChI=1S/C20H24FN3O6S2/c1-2-28-9-3-11-32(26,27)16-6-4-14(5-7-16)18(24-30-15-8-10-29-13-15)19(25)23-20-22-12-17(21)31-20/h4-7,12,15H,2-3,8-11,13H2,1H3,(H,22,23,25)/b24-18+/t15-/m1/s1. The minimum Gasteiger partial charge on any atom is -0.389 e. The first kappa shape index (κ1) is 24.2. The molecule has 1 aromatic heterocycles. The fourth-order valence-corrected chi connectivity index (χ4v) is 4.67. The van der Waals surface area contributed by atoms with Gasteiger partial charge in [-0.2, -0.15) is 4.39 Å². The molecule has 1 N–H and O–H groups in total. The molecule has 0 bridgehead atoms. The molecule has 1 atom stereocenters. The van der Waals surface area contributed by atoms with Crippen LogP contribution in [0.15, 0.2) is 40.5 Å². The average Bonchev–Trinajstić information content (AvgIpc) is 3.43. The van der Waals surface area contributed by atoms with Gasteiger partial charge in [-0.05, 0) is 25.5 Å². The summed E-state index contributed by atoms with van der Waals surface area (Å²) in [5.74, 6) is -0.709. The molecule has 174 valence electrons. The van der Waals surface area contributed by atoms with E-state index in [1.165, 1.54) is 24.3 Å². The number of sulfone groups is 1. The maximum atomic E-state index is 13.2. The molecule has 0 aliphatic carbocycles. The van der Waals surface area contributed by atoms with E-state index in [2.05, 4.69) is 15.5 Å². The number of hydrogen-bond acceptors (Lipinski definition) is 9. The number of amides is 1. The SMILES string of the molecule is CCOCCCS(=O)(=O)c1ccc(/C(=N\O[C@@H]2CCOC2)C(=O)Nc2ncc(F)s2)cc1. The second-order valence-corrected chi connectivity index (χ2v) is 9.94. The van der Waals surface area contributed by atoms with E-state index in [4.69, 9.17) is 14.3 Å². The first-order chi connectivity index (χ1) is 15.4. The molecule has 1 amide bonds. The minimum atomic E-state index is -3.49. The lowest BCUT2D eigenvalue weighted by Gasteiger charge is -2.10. The molecule has 32 heavy (non-hydrogen) atoms. The third kappa shape index (κ3) is 6.79. The van der Waals surface area contributed by atoms with Crippen LogP contribution >= 0.6 is 11.3 Å². The van der Waals surface area contributed by atoms with Crippen molar-refractivity contribution in [3.05, 3.63) is 41.2 Å². The Kier molecular flexibility index (Phi) is 8.67. The van der Waals surface area contributed by atoms with Crippen LogP contribution in [-0.4, -0.2) is 63.3 Å². The van der Waals surface area contributed by atoms with Crippen LogP contribution < -0.4 is 5.32 Å². The number of aromatic nitrogens is 1. The first-order valence-electron chi connectivity index (χ1n) is 10.0. The third-order valence-corrected chi connectivity index (χ3v) is 7.00. The Morgan fingerprint density at radius 3 is 2.78 bits per heavy atom. The Hall–Kier alpha value is -2.41. The number of carbonyl (C=O) groups excluding carboxylic acids is 1. The van der Waals surface area contributed by atoms with Crippen molar-refractivity contribution in [2.24, 2.45) is 5.16 Å². The molecule has 9 nitrogen and oxygen atoms in total. The molecule has 0 spiro atoms. The number of thiazole rings is 1. The van der Waals surface area contributed by atoms with Crippen LogP contribution in [0.4, 0.5) is 9.52 Å². The summed E-state index contributed by atoms with van der Waals surface area (Å²) in [6.45, 7) is 3.63. The number of benzene rings is 1. The lowest BCUT2D eigenvalue weighted by atomic mass is 10.1. The number of carbonyl (C=O) groups is 1. The number of anilines is 1. The molecule has 1 aromatic carbocycles. The van der Waals surface area contributed by atoms with Gasteiger partial charge >= 0.3 is 0 Å². The van der Waals surface area contributed by atoms with Gasteiger partial charge in [0.05, 0.1) is 30.1 Å². The monoisotopic (exact) mass is 485 g/mol. The Bertz CT molecular complexity index is 1030. The van der Waals surface area contributed by atoms with Gasteiger partial charge in [0.1, 0.15) is 0 Å². The van der Waals surface area contributed by atoms with Crippen molar-refractivity contribution in [3.63, 3.8) is 0 Å². The number of halogens is 1. The van der Waals surface area contributed by atoms with Crippen molar-refractivity contribution in [2.45, 2.75) is 30.8 Å². The van der Waals surface area contributed by atoms with Crippen molar-refractivity contribution in [3.8, 4) is 0 Å². The number of ether oxygens (including phenoxy) is 2. The molecule has 1 fully saturated rings. The summed E-state index contributed by atoms with van der Waals surface area (Å²) < 4.78 is 48.6. The van der Waals surface area contributed by atoms with Crippen molar-refractivity contribution >= 4 is 37.9 Å². The maximum absolute atomic E-state index is 13.2. The molecule has 3 rings (SSSR count). The zero-order valence-electron chi connectivity index (χ0n) is 17.5. The van der Waals surface area contributed by atoms with Crippen LogP contribution in [0.25, 0.3) is 0 Å². The molecule has 0 radical (unpaired) electrons. The van der Waals surface area contributed by atoms with Crippen LogP contribution in [-0.2, 0) is 28.9 Å². The molecule has 0 saturated carbocycles. The highest BCUT2D eigenvalue weighted by atomic mass is 32.2. The first-order valence-corrected chi connectivity index (χ1v) is 12.5. The second kappa shape index (κ2) is 11.5. The average molecular weight is 486 g/mol. The van der Waals surface area contributed by atoms with E-state index in [1.54, 1.807) is 0 Å². The molecule has 0 unspecified atom stereocenters. The lowest BCUT2D eigenvalue weighted by molar-refractivity contribution is -0.110. The van der Waals surface area contributed by atoms with Gasteiger partial charge in [-0.3, -0.25) is 10.1 Å². The van der Waals surface area contributed by atoms with Gasteiger partial charge < -0.3 is 14.3 Å². The predicted molar refractivity (Wildman–Crippen MR) is 117 cm³/mol. The molecular weight excluding hydrogens is 461 g/mol. The summed E-state index contributed by atoms with van der Waals surface area (Å²) in [7, 11) is -3.49. The zero-order valence-corrected chi connectivity index (χ0v) is 19.1. The van der Waals surface area contributed by atoms with Gasteiger partial charge in [0.25, 0.3) is 5.91 Å². The molecule has 1 saturated heterocycles. The minimum absolute atomic E-state index is 0.0474. The van der Waals surface area contributed by atoms with E-state index in [0.717, 1.165) is 6.20 Å². The molecule has 1 aliphatic heterocycles. The summed E-state index contributed by atoms with van der Waals surface area (Å²) >= 11 is 0.674. The maximum Gasteiger partial charge on any atom is 0.280 e. The normalized spacial score (nSPS) is 16.8. The number of rotatable bonds is 11. The van der Waals surface area contributed by atoms with Gasteiger partial charge in [0.15, 0.2) is 31.9 Å². The van der Waals surface area contributed by atoms with Crippen molar-refractivity contribution in [2.75, 3.05) is 37.5 Å². The third-order valence-electron chi connectivity index (χ3n) is 4.49. The van der Waals surface area contributed by atoms with E-state index in [-0.39, 0.29) is 27.6 Å². The van der Waals surface area contributed by atoms with Gasteiger partial charge in [0.2, 0.25) is 0 Å². The highest BCUT2D eigenvalue weighted by molar-refractivity contribution is 7.91. The molecule has 12 heteroatoms. The van der Waals surface area contributed by atoms with Crippen LogP contribution in [0.5, 0.6) is 0 Å². The molecular formula is C20H24FN3O6S2. The number of oxime groups is 1. The molecule has 2 aromatic rings. The smallest absolute Gasteiger partial charge is 0.280 e. The predicted octanol–water partition coefficient (Wildman–Crippen LogP) is 2.63. The van der Waals surface area contributed by atoms with Gasteiger partial charge in [-0.1, -0.05) is 28.6 Å². The largest absolute Gasteiger partial charge is 0.389 e.